The van der Waals surface area contributed by atoms with E-state index >= 15 is 0 Å². The molecule has 1 aliphatic heterocycles. The van der Waals surface area contributed by atoms with Crippen molar-refractivity contribution in [2.24, 2.45) is 0 Å². The molecule has 0 N–H and O–H groups in total. The van der Waals surface area contributed by atoms with Crippen LogP contribution in [0.3, 0.4) is 0 Å². The van der Waals surface area contributed by atoms with Gasteiger partial charge < -0.3 is 4.90 Å². The van der Waals surface area contributed by atoms with Crippen molar-refractivity contribution in [3.05, 3.63) is 64.4 Å². The highest BCUT2D eigenvalue weighted by Crippen LogP contribution is 2.32. The van der Waals surface area contributed by atoms with E-state index in [2.05, 4.69) is 13.8 Å². The Bertz CT molecular complexity index is 1110. The minimum absolute atomic E-state index is 0.0936. The number of nitrogens with zero attached hydrogens (tertiary/aromatic N) is 3. The summed E-state index contributed by atoms with van der Waals surface area (Å²) in [6.07, 6.45) is 0.758. The van der Waals surface area contributed by atoms with E-state index in [9.17, 15) is 9.59 Å². The van der Waals surface area contributed by atoms with Crippen LogP contribution in [0.25, 0.3) is 16.6 Å². The number of carbonyl (C=O) groups is 1. The zero-order valence-corrected chi connectivity index (χ0v) is 17.1. The molecule has 1 saturated heterocycles. The van der Waals surface area contributed by atoms with Crippen LogP contribution in [0.4, 0.5) is 0 Å². The first-order valence-electron chi connectivity index (χ1n) is 9.50. The number of likely N-dealkylation sites (tertiary alicyclic amines) is 1. The van der Waals surface area contributed by atoms with Gasteiger partial charge in [0.25, 0.3) is 5.56 Å². The molecule has 0 bridgehead atoms. The molecule has 1 aliphatic rings. The molecule has 1 fully saturated rings. The zero-order valence-electron chi connectivity index (χ0n) is 16.3. The lowest BCUT2D eigenvalue weighted by Gasteiger charge is -2.19. The van der Waals surface area contributed by atoms with E-state index in [1.54, 1.807) is 9.47 Å². The van der Waals surface area contributed by atoms with Gasteiger partial charge >= 0.3 is 0 Å². The van der Waals surface area contributed by atoms with Gasteiger partial charge in [0.2, 0.25) is 5.91 Å². The molecule has 2 heterocycles. The highest BCUT2D eigenvalue weighted by molar-refractivity contribution is 8.00. The minimum atomic E-state index is -0.212. The van der Waals surface area contributed by atoms with E-state index in [-0.39, 0.29) is 22.6 Å². The van der Waals surface area contributed by atoms with Crippen LogP contribution in [-0.2, 0) is 4.79 Å². The van der Waals surface area contributed by atoms with Crippen LogP contribution in [0.5, 0.6) is 0 Å². The van der Waals surface area contributed by atoms with E-state index in [1.807, 2.05) is 55.6 Å². The fourth-order valence-corrected chi connectivity index (χ4v) is 4.81. The average Bonchev–Trinajstić information content (AvgIpc) is 3.00. The van der Waals surface area contributed by atoms with Gasteiger partial charge in [0, 0.05) is 13.6 Å². The number of thioether (sulfide) groups is 1. The number of carbonyl (C=O) groups excluding carboxylic acids is 1. The molecule has 0 aliphatic carbocycles. The Labute approximate surface area is 168 Å². The van der Waals surface area contributed by atoms with E-state index in [0.29, 0.717) is 16.1 Å². The molecule has 1 atom stereocenters. The molecular weight excluding hydrogens is 370 g/mol. The molecule has 28 heavy (non-hydrogen) atoms. The minimum Gasteiger partial charge on any atom is -0.345 e. The van der Waals surface area contributed by atoms with Gasteiger partial charge in [-0.25, -0.2) is 4.98 Å². The first kappa shape index (κ1) is 18.7. The van der Waals surface area contributed by atoms with Crippen molar-refractivity contribution in [2.45, 2.75) is 36.6 Å². The Balaban J connectivity index is 1.95. The second kappa shape index (κ2) is 7.43. The van der Waals surface area contributed by atoms with Gasteiger partial charge in [0.1, 0.15) is 0 Å². The van der Waals surface area contributed by atoms with Gasteiger partial charge in [0.05, 0.1) is 21.8 Å². The Morgan fingerprint density at radius 3 is 2.50 bits per heavy atom. The van der Waals surface area contributed by atoms with Crippen molar-refractivity contribution in [1.29, 1.82) is 0 Å². The predicted molar refractivity (Wildman–Crippen MR) is 113 cm³/mol. The molecule has 6 heteroatoms. The van der Waals surface area contributed by atoms with E-state index in [4.69, 9.17) is 4.98 Å². The Morgan fingerprint density at radius 2 is 1.79 bits per heavy atom. The third kappa shape index (κ3) is 3.22. The van der Waals surface area contributed by atoms with Crippen molar-refractivity contribution in [3.8, 4) is 5.69 Å². The molecule has 3 aromatic rings. The number of hydrogen-bond donors (Lipinski definition) is 0. The largest absolute Gasteiger partial charge is 0.345 e. The van der Waals surface area contributed by atoms with Crippen molar-refractivity contribution >= 4 is 28.6 Å². The second-order valence-electron chi connectivity index (χ2n) is 7.42. The number of benzene rings is 2. The first-order valence-corrected chi connectivity index (χ1v) is 10.4. The summed E-state index contributed by atoms with van der Waals surface area (Å²) in [5.41, 5.74) is 2.48. The van der Waals surface area contributed by atoms with Gasteiger partial charge in [-0.2, -0.15) is 0 Å². The Morgan fingerprint density at radius 1 is 1.07 bits per heavy atom. The predicted octanol–water partition coefficient (Wildman–Crippen LogP) is 3.83. The molecule has 1 unspecified atom stereocenters. The second-order valence-corrected chi connectivity index (χ2v) is 8.59. The summed E-state index contributed by atoms with van der Waals surface area (Å²) >= 11 is 1.39. The number of para-hydroxylation sites is 2. The number of aromatic nitrogens is 2. The van der Waals surface area contributed by atoms with Gasteiger partial charge in [-0.05, 0) is 36.1 Å². The summed E-state index contributed by atoms with van der Waals surface area (Å²) in [6, 6.07) is 15.3. The van der Waals surface area contributed by atoms with Crippen LogP contribution in [-0.4, -0.2) is 39.2 Å². The van der Waals surface area contributed by atoms with E-state index in [0.717, 1.165) is 24.2 Å². The summed E-state index contributed by atoms with van der Waals surface area (Å²) in [4.78, 5) is 32.5. The third-order valence-electron chi connectivity index (χ3n) is 5.17. The first-order chi connectivity index (χ1) is 13.5. The van der Waals surface area contributed by atoms with Crippen LogP contribution in [0.15, 0.2) is 58.5 Å². The molecule has 4 rings (SSSR count). The lowest BCUT2D eigenvalue weighted by atomic mass is 10.0. The maximum absolute atomic E-state index is 13.5. The van der Waals surface area contributed by atoms with Crippen LogP contribution < -0.4 is 5.56 Å². The molecular formula is C22H23N3O2S. The summed E-state index contributed by atoms with van der Waals surface area (Å²) in [5, 5.41) is 0.946. The van der Waals surface area contributed by atoms with Gasteiger partial charge in [-0.3, -0.25) is 14.2 Å². The molecule has 0 saturated carbocycles. The van der Waals surface area contributed by atoms with Gasteiger partial charge in [-0.15, -0.1) is 0 Å². The number of fused-ring (bicyclic) bond motifs is 1. The number of rotatable bonds is 4. The third-order valence-corrected chi connectivity index (χ3v) is 6.38. The quantitative estimate of drug-likeness (QED) is 0.632. The molecule has 1 amide bonds. The maximum Gasteiger partial charge on any atom is 0.266 e. The molecule has 144 valence electrons. The highest BCUT2D eigenvalue weighted by atomic mass is 32.2. The summed E-state index contributed by atoms with van der Waals surface area (Å²) < 4.78 is 1.69. The lowest BCUT2D eigenvalue weighted by molar-refractivity contribution is -0.126. The zero-order chi connectivity index (χ0) is 19.8. The van der Waals surface area contributed by atoms with Crippen molar-refractivity contribution in [1.82, 2.24) is 14.5 Å². The standard InChI is InChI=1S/C22H23N3O2S/c1-14(2)15-8-5-7-11-18(15)25-20(26)16-9-4-6-10-17(16)23-22(25)28-19-12-13-24(3)21(19)27/h4-11,14,19H,12-13H2,1-3H3. The summed E-state index contributed by atoms with van der Waals surface area (Å²) in [5.74, 6) is 0.350. The molecule has 0 spiro atoms. The Hall–Kier alpha value is -2.60. The van der Waals surface area contributed by atoms with Crippen molar-refractivity contribution in [3.63, 3.8) is 0 Å². The summed E-state index contributed by atoms with van der Waals surface area (Å²) in [6.45, 7) is 4.96. The van der Waals surface area contributed by atoms with E-state index in [1.165, 1.54) is 11.8 Å². The lowest BCUT2D eigenvalue weighted by Crippen LogP contribution is -2.26. The molecule has 2 aromatic carbocycles. The van der Waals surface area contributed by atoms with Crippen LogP contribution in [0.1, 0.15) is 31.7 Å². The molecule has 1 aromatic heterocycles. The number of amides is 1. The van der Waals surface area contributed by atoms with Gasteiger partial charge in [-0.1, -0.05) is 55.9 Å². The fraction of sp³-hybridized carbons (Fsp3) is 0.318. The molecule has 0 radical (unpaired) electrons. The van der Waals surface area contributed by atoms with Crippen molar-refractivity contribution in [2.75, 3.05) is 13.6 Å². The Kier molecular flexibility index (Phi) is 4.98. The van der Waals surface area contributed by atoms with Crippen LogP contribution in [0.2, 0.25) is 0 Å². The van der Waals surface area contributed by atoms with Gasteiger partial charge in [0.15, 0.2) is 5.16 Å². The SMILES string of the molecule is CC(C)c1ccccc1-n1c(SC2CCN(C)C2=O)nc2ccccc2c1=O. The molecule has 5 nitrogen and oxygen atoms in total. The van der Waals surface area contributed by atoms with Crippen molar-refractivity contribution < 1.29 is 4.79 Å². The maximum atomic E-state index is 13.5. The topological polar surface area (TPSA) is 55.2 Å². The summed E-state index contributed by atoms with van der Waals surface area (Å²) in [7, 11) is 1.82. The average molecular weight is 394 g/mol. The van der Waals surface area contributed by atoms with Crippen LogP contribution in [0, 0.1) is 0 Å². The monoisotopic (exact) mass is 393 g/mol. The number of hydrogen-bond acceptors (Lipinski definition) is 4. The normalized spacial score (nSPS) is 17.1. The van der Waals surface area contributed by atoms with E-state index < -0.39 is 0 Å². The smallest absolute Gasteiger partial charge is 0.266 e. The highest BCUT2D eigenvalue weighted by Gasteiger charge is 2.32. The fourth-order valence-electron chi connectivity index (χ4n) is 3.61. The van der Waals surface area contributed by atoms with Crippen LogP contribution >= 0.6 is 11.8 Å².